The maximum Gasteiger partial charge on any atom is 0.418 e. The van der Waals surface area contributed by atoms with E-state index in [1.165, 1.54) is 22.9 Å². The second kappa shape index (κ2) is 5.70. The Labute approximate surface area is 136 Å². The summed E-state index contributed by atoms with van der Waals surface area (Å²) in [6.45, 7) is 1.89. The van der Waals surface area contributed by atoms with Gasteiger partial charge in [0.15, 0.2) is 0 Å². The zero-order valence-electron chi connectivity index (χ0n) is 13.1. The molecule has 0 unspecified atom stereocenters. The predicted molar refractivity (Wildman–Crippen MR) is 86.2 cm³/mol. The number of alkyl halides is 3. The van der Waals surface area contributed by atoms with Gasteiger partial charge in [-0.1, -0.05) is 42.0 Å². The highest BCUT2D eigenvalue weighted by atomic mass is 19.4. The van der Waals surface area contributed by atoms with Crippen LogP contribution in [0.4, 0.5) is 13.2 Å². The van der Waals surface area contributed by atoms with Crippen LogP contribution in [0.25, 0.3) is 16.8 Å². The molecule has 0 bridgehead atoms. The molecule has 6 heteroatoms. The lowest BCUT2D eigenvalue weighted by atomic mass is 10.1. The first-order chi connectivity index (χ1) is 11.3. The molecule has 0 saturated carbocycles. The number of benzene rings is 2. The third kappa shape index (κ3) is 2.75. The van der Waals surface area contributed by atoms with E-state index in [-0.39, 0.29) is 5.69 Å². The van der Waals surface area contributed by atoms with E-state index in [2.05, 4.69) is 0 Å². The standard InChI is InChI=1S/C18H15F3N2O/c1-12-6-5-7-13(10-12)14-11-22(2)23(17(14)24)16-9-4-3-8-15(16)18(19,20)21/h3-11H,1-2H3. The van der Waals surface area contributed by atoms with Crippen LogP contribution in [0, 0.1) is 6.92 Å². The summed E-state index contributed by atoms with van der Waals surface area (Å²) < 4.78 is 42.2. The van der Waals surface area contributed by atoms with Gasteiger partial charge in [0, 0.05) is 13.2 Å². The van der Waals surface area contributed by atoms with Gasteiger partial charge in [0.05, 0.1) is 16.8 Å². The largest absolute Gasteiger partial charge is 0.418 e. The van der Waals surface area contributed by atoms with Gasteiger partial charge < -0.3 is 0 Å². The Morgan fingerprint density at radius 2 is 1.71 bits per heavy atom. The maximum atomic E-state index is 13.3. The van der Waals surface area contributed by atoms with Gasteiger partial charge in [-0.3, -0.25) is 9.48 Å². The van der Waals surface area contributed by atoms with Crippen molar-refractivity contribution >= 4 is 0 Å². The summed E-state index contributed by atoms with van der Waals surface area (Å²) in [4.78, 5) is 12.8. The number of rotatable bonds is 2. The molecule has 0 atom stereocenters. The number of halogens is 3. The van der Waals surface area contributed by atoms with Crippen molar-refractivity contribution in [1.29, 1.82) is 0 Å². The highest BCUT2D eigenvalue weighted by Crippen LogP contribution is 2.33. The number of hydrogen-bond donors (Lipinski definition) is 0. The molecule has 3 aromatic rings. The lowest BCUT2D eigenvalue weighted by molar-refractivity contribution is -0.137. The lowest BCUT2D eigenvalue weighted by Crippen LogP contribution is -2.23. The molecule has 0 saturated heterocycles. The van der Waals surface area contributed by atoms with Crippen LogP contribution in [0.3, 0.4) is 0 Å². The fraction of sp³-hybridized carbons (Fsp3) is 0.167. The Bertz CT molecular complexity index is 951. The Balaban J connectivity index is 2.24. The molecule has 1 aromatic heterocycles. The average Bonchev–Trinajstić information content (AvgIpc) is 2.81. The van der Waals surface area contributed by atoms with Crippen LogP contribution in [0.5, 0.6) is 0 Å². The molecule has 0 aliphatic heterocycles. The van der Waals surface area contributed by atoms with E-state index < -0.39 is 17.3 Å². The van der Waals surface area contributed by atoms with E-state index in [0.717, 1.165) is 16.3 Å². The van der Waals surface area contributed by atoms with Crippen molar-refractivity contribution in [2.75, 3.05) is 0 Å². The van der Waals surface area contributed by atoms with Crippen molar-refractivity contribution in [2.24, 2.45) is 7.05 Å². The number of hydrogen-bond acceptors (Lipinski definition) is 1. The quantitative estimate of drug-likeness (QED) is 0.692. The minimum atomic E-state index is -4.54. The van der Waals surface area contributed by atoms with Crippen LogP contribution < -0.4 is 5.56 Å². The molecule has 0 amide bonds. The summed E-state index contributed by atoms with van der Waals surface area (Å²) in [7, 11) is 1.55. The van der Waals surface area contributed by atoms with Crippen LogP contribution in [-0.2, 0) is 13.2 Å². The third-order valence-electron chi connectivity index (χ3n) is 3.82. The zero-order chi connectivity index (χ0) is 17.5. The van der Waals surface area contributed by atoms with Crippen molar-refractivity contribution < 1.29 is 13.2 Å². The van der Waals surface area contributed by atoms with E-state index in [1.54, 1.807) is 19.3 Å². The number of para-hydroxylation sites is 1. The van der Waals surface area contributed by atoms with Gasteiger partial charge in [-0.15, -0.1) is 0 Å². The monoisotopic (exact) mass is 332 g/mol. The molecule has 3 rings (SSSR count). The number of aryl methyl sites for hydroxylation is 2. The second-order valence-electron chi connectivity index (χ2n) is 5.62. The lowest BCUT2D eigenvalue weighted by Gasteiger charge is -2.14. The van der Waals surface area contributed by atoms with Crippen LogP contribution >= 0.6 is 0 Å². The van der Waals surface area contributed by atoms with Crippen molar-refractivity contribution in [1.82, 2.24) is 9.36 Å². The van der Waals surface area contributed by atoms with Gasteiger partial charge in [0.2, 0.25) is 0 Å². The summed E-state index contributed by atoms with van der Waals surface area (Å²) in [6.07, 6.45) is -2.99. The van der Waals surface area contributed by atoms with Crippen LogP contribution in [0.1, 0.15) is 11.1 Å². The maximum absolute atomic E-state index is 13.3. The number of nitrogens with zero attached hydrogens (tertiary/aromatic N) is 2. The summed E-state index contributed by atoms with van der Waals surface area (Å²) in [5.41, 5.74) is 0.496. The molecule has 124 valence electrons. The van der Waals surface area contributed by atoms with Gasteiger partial charge >= 0.3 is 6.18 Å². The molecule has 0 N–H and O–H groups in total. The molecule has 2 aromatic carbocycles. The fourth-order valence-electron chi connectivity index (χ4n) is 2.75. The smallest absolute Gasteiger partial charge is 0.288 e. The highest BCUT2D eigenvalue weighted by Gasteiger charge is 2.34. The minimum Gasteiger partial charge on any atom is -0.288 e. The van der Waals surface area contributed by atoms with E-state index in [9.17, 15) is 18.0 Å². The fourth-order valence-corrected chi connectivity index (χ4v) is 2.75. The topological polar surface area (TPSA) is 26.9 Å². The molecular weight excluding hydrogens is 317 g/mol. The first kappa shape index (κ1) is 16.1. The average molecular weight is 332 g/mol. The zero-order valence-corrected chi connectivity index (χ0v) is 13.1. The molecule has 0 fully saturated rings. The van der Waals surface area contributed by atoms with Crippen LogP contribution in [0.2, 0.25) is 0 Å². The van der Waals surface area contributed by atoms with Gasteiger partial charge in [-0.05, 0) is 24.6 Å². The minimum absolute atomic E-state index is 0.184. The van der Waals surface area contributed by atoms with Gasteiger partial charge in [-0.25, -0.2) is 4.68 Å². The Kier molecular flexibility index (Phi) is 3.83. The van der Waals surface area contributed by atoms with E-state index >= 15 is 0 Å². The van der Waals surface area contributed by atoms with Crippen LogP contribution in [0.15, 0.2) is 59.5 Å². The summed E-state index contributed by atoms with van der Waals surface area (Å²) in [5, 5.41) is 0. The van der Waals surface area contributed by atoms with Crippen molar-refractivity contribution in [3.63, 3.8) is 0 Å². The second-order valence-corrected chi connectivity index (χ2v) is 5.62. The van der Waals surface area contributed by atoms with Crippen LogP contribution in [-0.4, -0.2) is 9.36 Å². The van der Waals surface area contributed by atoms with Crippen molar-refractivity contribution in [2.45, 2.75) is 13.1 Å². The summed E-state index contributed by atoms with van der Waals surface area (Å²) >= 11 is 0. The molecule has 0 radical (unpaired) electrons. The Hall–Kier alpha value is -2.76. The molecule has 3 nitrogen and oxygen atoms in total. The molecule has 0 spiro atoms. The van der Waals surface area contributed by atoms with E-state index in [1.807, 2.05) is 25.1 Å². The third-order valence-corrected chi connectivity index (χ3v) is 3.82. The van der Waals surface area contributed by atoms with Crippen molar-refractivity contribution in [3.8, 4) is 16.8 Å². The summed E-state index contributed by atoms with van der Waals surface area (Å²) in [5.74, 6) is 0. The van der Waals surface area contributed by atoms with Crippen molar-refractivity contribution in [3.05, 3.63) is 76.2 Å². The molecule has 0 aliphatic rings. The highest BCUT2D eigenvalue weighted by molar-refractivity contribution is 5.63. The van der Waals surface area contributed by atoms with E-state index in [0.29, 0.717) is 11.1 Å². The molecule has 1 heterocycles. The normalized spacial score (nSPS) is 11.7. The van der Waals surface area contributed by atoms with Gasteiger partial charge in [0.1, 0.15) is 0 Å². The first-order valence-corrected chi connectivity index (χ1v) is 7.31. The van der Waals surface area contributed by atoms with Gasteiger partial charge in [0.25, 0.3) is 5.56 Å². The number of aromatic nitrogens is 2. The Morgan fingerprint density at radius 1 is 1.00 bits per heavy atom. The first-order valence-electron chi connectivity index (χ1n) is 7.31. The molecule has 24 heavy (non-hydrogen) atoms. The Morgan fingerprint density at radius 3 is 2.38 bits per heavy atom. The van der Waals surface area contributed by atoms with E-state index in [4.69, 9.17) is 0 Å². The predicted octanol–water partition coefficient (Wildman–Crippen LogP) is 4.17. The van der Waals surface area contributed by atoms with Gasteiger partial charge in [-0.2, -0.15) is 13.2 Å². The SMILES string of the molecule is Cc1cccc(-c2cn(C)n(-c3ccccc3C(F)(F)F)c2=O)c1. The summed E-state index contributed by atoms with van der Waals surface area (Å²) in [6, 6.07) is 12.4. The molecule has 0 aliphatic carbocycles. The molecular formula is C18H15F3N2O.